The third kappa shape index (κ3) is 3.03. The number of nitrogens with one attached hydrogen (secondary N) is 2. The van der Waals surface area contributed by atoms with Gasteiger partial charge in [0.25, 0.3) is 0 Å². The summed E-state index contributed by atoms with van der Waals surface area (Å²) in [6, 6.07) is 8.68. The van der Waals surface area contributed by atoms with Crippen LogP contribution in [0.15, 0.2) is 36.4 Å². The topological polar surface area (TPSA) is 77.2 Å². The van der Waals surface area contributed by atoms with E-state index in [1.165, 1.54) is 7.11 Å². The number of fused-ring (bicyclic) bond motifs is 1. The zero-order valence-electron chi connectivity index (χ0n) is 11.9. The second kappa shape index (κ2) is 5.98. The summed E-state index contributed by atoms with van der Waals surface area (Å²) in [7, 11) is 1.42. The molecule has 0 saturated carbocycles. The van der Waals surface area contributed by atoms with Gasteiger partial charge in [0.05, 0.1) is 12.8 Å². The molecule has 0 saturated heterocycles. The number of anilines is 1. The first-order valence-electron chi connectivity index (χ1n) is 6.50. The number of H-pyrrole nitrogens is 1. The number of ether oxygens (including phenoxy) is 1. The van der Waals surface area contributed by atoms with E-state index >= 15 is 0 Å². The molecular weight excluding hydrogens is 326 g/mol. The average Bonchev–Trinajstić information content (AvgIpc) is 2.90. The zero-order valence-corrected chi connectivity index (χ0v) is 12.7. The van der Waals surface area contributed by atoms with E-state index in [9.17, 15) is 17.5 Å². The minimum atomic E-state index is -2.50. The molecule has 0 bridgehead atoms. The first-order valence-corrected chi connectivity index (χ1v) is 7.57. The average molecular weight is 337 g/mol. The molecule has 0 aliphatic rings. The Balaban J connectivity index is 2.09. The summed E-state index contributed by atoms with van der Waals surface area (Å²) in [6.45, 7) is 0. The molecule has 120 valence electrons. The number of aromatic amines is 1. The summed E-state index contributed by atoms with van der Waals surface area (Å²) >= 11 is -2.50. The smallest absolute Gasteiger partial charge is 0.160 e. The lowest BCUT2D eigenvalue weighted by atomic mass is 10.1. The molecule has 1 heterocycles. The zero-order chi connectivity index (χ0) is 16.6. The van der Waals surface area contributed by atoms with E-state index in [1.54, 1.807) is 24.3 Å². The highest BCUT2D eigenvalue weighted by Gasteiger charge is 2.11. The Hall–Kier alpha value is -2.45. The molecule has 1 unspecified atom stereocenters. The van der Waals surface area contributed by atoms with Gasteiger partial charge in [-0.3, -0.25) is 4.21 Å². The van der Waals surface area contributed by atoms with Gasteiger partial charge in [-0.15, -0.1) is 0 Å². The van der Waals surface area contributed by atoms with Gasteiger partial charge < -0.3 is 19.0 Å². The quantitative estimate of drug-likeness (QED) is 0.717. The predicted octanol–water partition coefficient (Wildman–Crippen LogP) is 3.33. The summed E-state index contributed by atoms with van der Waals surface area (Å²) in [6.07, 6.45) is 0. The van der Waals surface area contributed by atoms with Crippen LogP contribution < -0.4 is 9.46 Å². The fourth-order valence-corrected chi connectivity index (χ4v) is 2.67. The number of hydrogen-bond donors (Lipinski definition) is 2. The standard InChI is InChI=1S/C15H12F2N2O3S/c1-22-15-3-2-8(5-14(15)19-23(20)21)12-6-9-4-10(16)11(17)7-13(9)18-12/h2-7,18-19H,1H3,(H,20,21)/p-1. The van der Waals surface area contributed by atoms with Crippen LogP contribution in [-0.4, -0.2) is 20.9 Å². The Morgan fingerprint density at radius 1 is 1.17 bits per heavy atom. The van der Waals surface area contributed by atoms with Gasteiger partial charge in [-0.2, -0.15) is 0 Å². The highest BCUT2D eigenvalue weighted by Crippen LogP contribution is 2.32. The predicted molar refractivity (Wildman–Crippen MR) is 82.7 cm³/mol. The highest BCUT2D eigenvalue weighted by atomic mass is 32.2. The van der Waals surface area contributed by atoms with Crippen molar-refractivity contribution in [3.63, 3.8) is 0 Å². The minimum absolute atomic E-state index is 0.259. The molecule has 3 aromatic rings. The molecule has 1 atom stereocenters. The number of aromatic nitrogens is 1. The van der Waals surface area contributed by atoms with Crippen molar-refractivity contribution in [2.45, 2.75) is 0 Å². The number of benzene rings is 2. The van der Waals surface area contributed by atoms with Gasteiger partial charge >= 0.3 is 0 Å². The van der Waals surface area contributed by atoms with Crippen molar-refractivity contribution < 1.29 is 22.3 Å². The van der Waals surface area contributed by atoms with Crippen LogP contribution in [0.3, 0.4) is 0 Å². The summed E-state index contributed by atoms with van der Waals surface area (Å²) < 4.78 is 55.6. The van der Waals surface area contributed by atoms with Gasteiger partial charge in [-0.25, -0.2) is 8.78 Å². The third-order valence-corrected chi connectivity index (χ3v) is 3.75. The van der Waals surface area contributed by atoms with Crippen LogP contribution in [-0.2, 0) is 11.3 Å². The Bertz CT molecular complexity index is 872. The van der Waals surface area contributed by atoms with Gasteiger partial charge in [0, 0.05) is 39.5 Å². The number of methoxy groups -OCH3 is 1. The lowest BCUT2D eigenvalue weighted by molar-refractivity contribution is 0.417. The first kappa shape index (κ1) is 15.4. The minimum Gasteiger partial charge on any atom is -0.755 e. The summed E-state index contributed by atoms with van der Waals surface area (Å²) in [5, 5.41) is 0.511. The molecular formula is C15H11F2N2O3S-. The van der Waals surface area contributed by atoms with Crippen LogP contribution >= 0.6 is 0 Å². The second-order valence-electron chi connectivity index (χ2n) is 4.79. The number of rotatable bonds is 4. The van der Waals surface area contributed by atoms with Gasteiger partial charge in [0.2, 0.25) is 0 Å². The molecule has 2 aromatic carbocycles. The third-order valence-electron chi connectivity index (χ3n) is 3.37. The summed E-state index contributed by atoms with van der Waals surface area (Å²) in [5.41, 5.74) is 1.93. The molecule has 3 rings (SSSR count). The van der Waals surface area contributed by atoms with Crippen molar-refractivity contribution in [2.24, 2.45) is 0 Å². The molecule has 1 aromatic heterocycles. The van der Waals surface area contributed by atoms with Gasteiger partial charge in [0.15, 0.2) is 11.6 Å². The number of halogens is 2. The molecule has 0 amide bonds. The molecule has 0 aliphatic carbocycles. The van der Waals surface area contributed by atoms with E-state index in [1.807, 2.05) is 0 Å². The van der Waals surface area contributed by atoms with Gasteiger partial charge in [0.1, 0.15) is 5.75 Å². The Morgan fingerprint density at radius 3 is 2.61 bits per heavy atom. The maximum atomic E-state index is 13.3. The van der Waals surface area contributed by atoms with Crippen molar-refractivity contribution in [1.82, 2.24) is 4.98 Å². The lowest BCUT2D eigenvalue weighted by Gasteiger charge is -2.13. The van der Waals surface area contributed by atoms with Gasteiger partial charge in [-0.1, -0.05) is 0 Å². The van der Waals surface area contributed by atoms with E-state index in [-0.39, 0.29) is 5.69 Å². The first-order chi connectivity index (χ1) is 11.0. The van der Waals surface area contributed by atoms with Crippen molar-refractivity contribution in [3.8, 4) is 17.0 Å². The second-order valence-corrected chi connectivity index (χ2v) is 5.46. The van der Waals surface area contributed by atoms with Crippen molar-refractivity contribution >= 4 is 27.9 Å². The number of hydrogen-bond acceptors (Lipinski definition) is 3. The SMILES string of the molecule is COc1ccc(-c2cc3cc(F)c(F)cc3[nH]2)cc1NS(=O)[O-]. The molecule has 0 radical (unpaired) electrons. The van der Waals surface area contributed by atoms with E-state index in [0.29, 0.717) is 27.9 Å². The monoisotopic (exact) mass is 337 g/mol. The van der Waals surface area contributed by atoms with Crippen molar-refractivity contribution in [1.29, 1.82) is 0 Å². The van der Waals surface area contributed by atoms with Crippen molar-refractivity contribution in [2.75, 3.05) is 11.8 Å². The van der Waals surface area contributed by atoms with Crippen LogP contribution in [0.2, 0.25) is 0 Å². The fourth-order valence-electron chi connectivity index (χ4n) is 2.33. The molecule has 8 heteroatoms. The molecule has 0 aliphatic heterocycles. The summed E-state index contributed by atoms with van der Waals surface area (Å²) in [5.74, 6) is -1.52. The maximum Gasteiger partial charge on any atom is 0.160 e. The van der Waals surface area contributed by atoms with E-state index in [2.05, 4.69) is 9.71 Å². The largest absolute Gasteiger partial charge is 0.755 e. The maximum absolute atomic E-state index is 13.3. The van der Waals surface area contributed by atoms with Crippen LogP contribution in [0.4, 0.5) is 14.5 Å². The van der Waals surface area contributed by atoms with E-state index in [4.69, 9.17) is 4.74 Å². The van der Waals surface area contributed by atoms with Crippen LogP contribution in [0.5, 0.6) is 5.75 Å². The van der Waals surface area contributed by atoms with Crippen LogP contribution in [0.25, 0.3) is 22.2 Å². The van der Waals surface area contributed by atoms with E-state index < -0.39 is 22.9 Å². The Kier molecular flexibility index (Phi) is 4.01. The van der Waals surface area contributed by atoms with Gasteiger partial charge in [-0.05, 0) is 30.3 Å². The molecule has 23 heavy (non-hydrogen) atoms. The summed E-state index contributed by atoms with van der Waals surface area (Å²) in [4.78, 5) is 2.97. The molecule has 2 N–H and O–H groups in total. The Morgan fingerprint density at radius 2 is 1.91 bits per heavy atom. The van der Waals surface area contributed by atoms with Crippen LogP contribution in [0, 0.1) is 11.6 Å². The molecule has 5 nitrogen and oxygen atoms in total. The lowest BCUT2D eigenvalue weighted by Crippen LogP contribution is -2.04. The molecule has 0 fully saturated rings. The molecule has 0 spiro atoms. The van der Waals surface area contributed by atoms with E-state index in [0.717, 1.165) is 12.1 Å². The normalized spacial score (nSPS) is 12.3. The Labute approximate surface area is 132 Å². The van der Waals surface area contributed by atoms with Crippen LogP contribution in [0.1, 0.15) is 0 Å². The fraction of sp³-hybridized carbons (Fsp3) is 0.0667. The van der Waals surface area contributed by atoms with Crippen molar-refractivity contribution in [3.05, 3.63) is 48.0 Å². The highest BCUT2D eigenvalue weighted by molar-refractivity contribution is 7.80.